The fraction of sp³-hybridized carbons (Fsp3) is 0.324. The zero-order chi connectivity index (χ0) is 30.7. The highest BCUT2D eigenvalue weighted by molar-refractivity contribution is 5.97. The van der Waals surface area contributed by atoms with Crippen LogP contribution in [0.15, 0.2) is 72.9 Å². The van der Waals surface area contributed by atoms with Crippen LogP contribution in [0.25, 0.3) is 32.9 Å². The first-order chi connectivity index (χ1) is 20.5. The molecule has 5 N–H and O–H groups in total. The lowest BCUT2D eigenvalue weighted by molar-refractivity contribution is -0.107. The Morgan fingerprint density at radius 1 is 0.905 bits per heavy atom. The summed E-state index contributed by atoms with van der Waals surface area (Å²) in [6.45, 7) is 4.00. The van der Waals surface area contributed by atoms with E-state index in [2.05, 4.69) is 62.7 Å². The van der Waals surface area contributed by atoms with Crippen LogP contribution in [0.2, 0.25) is 0 Å². The maximum atomic E-state index is 10.9. The highest BCUT2D eigenvalue weighted by Gasteiger charge is 2.06. The second kappa shape index (κ2) is 18.8. The first-order valence-electron chi connectivity index (χ1n) is 14.5. The van der Waals surface area contributed by atoms with Crippen LogP contribution < -0.4 is 15.8 Å². The van der Waals surface area contributed by atoms with Crippen LogP contribution in [0, 0.1) is 0 Å². The number of nitrogens with zero attached hydrogens (tertiary/aromatic N) is 1. The minimum absolute atomic E-state index is 0.410. The molecule has 42 heavy (non-hydrogen) atoms. The van der Waals surface area contributed by atoms with Crippen molar-refractivity contribution >= 4 is 33.9 Å². The highest BCUT2D eigenvalue weighted by atomic mass is 16.5. The first kappa shape index (κ1) is 33.8. The smallest absolute Gasteiger partial charge is 0.265 e. The Morgan fingerprint density at radius 2 is 1.62 bits per heavy atom. The van der Waals surface area contributed by atoms with Crippen LogP contribution in [0.3, 0.4) is 0 Å². The molecule has 8 heteroatoms. The monoisotopic (exact) mass is 571 g/mol. The molecule has 0 unspecified atom stereocenters. The number of benzene rings is 3. The lowest BCUT2D eigenvalue weighted by Gasteiger charge is -2.02. The number of imidazole rings is 1. The number of nitrogens with two attached hydrogens (primary N) is 1. The largest absolute Gasteiger partial charge is 0.497 e. The summed E-state index contributed by atoms with van der Waals surface area (Å²) in [5.41, 5.74) is 8.68. The number of ether oxygens (including phenoxy) is 1. The molecule has 8 nitrogen and oxygen atoms in total. The summed E-state index contributed by atoms with van der Waals surface area (Å²) in [6.07, 6.45) is 8.97. The third kappa shape index (κ3) is 10.5. The van der Waals surface area contributed by atoms with Crippen molar-refractivity contribution in [3.8, 4) is 17.0 Å². The van der Waals surface area contributed by atoms with Gasteiger partial charge < -0.3 is 30.5 Å². The zero-order valence-electron chi connectivity index (χ0n) is 25.5. The standard InChI is InChI=1S/C20H22N2O.C10H10N2O2.C2H7N.C2H6/c23-13-7-3-1-2-4-10-20-21-15-19(22-20)18-12-11-16-8-5-6-9-17(16)14-18;1-14-7-2-3-8-6(4-7)5-9(12-8)10(11)13;1-3-2;1-2/h5-6,8-9,11-15H,1-4,7,10H2,(H,21,22);2-5,12H,1H3,(H2,11,13);3H,1-2H3;1-2H3. The number of aromatic nitrogens is 3. The van der Waals surface area contributed by atoms with Gasteiger partial charge in [-0.25, -0.2) is 4.98 Å². The van der Waals surface area contributed by atoms with Crippen molar-refractivity contribution in [3.63, 3.8) is 0 Å². The number of amides is 1. The number of primary amides is 1. The van der Waals surface area contributed by atoms with Crippen LogP contribution >= 0.6 is 0 Å². The van der Waals surface area contributed by atoms with E-state index in [4.69, 9.17) is 10.5 Å². The Kier molecular flexibility index (Phi) is 15.1. The average molecular weight is 572 g/mol. The van der Waals surface area contributed by atoms with E-state index in [0.29, 0.717) is 12.1 Å². The molecular weight excluding hydrogens is 526 g/mol. The summed E-state index contributed by atoms with van der Waals surface area (Å²) in [4.78, 5) is 32.0. The average Bonchev–Trinajstić information content (AvgIpc) is 3.68. The van der Waals surface area contributed by atoms with Gasteiger partial charge in [0.05, 0.1) is 19.0 Å². The summed E-state index contributed by atoms with van der Waals surface area (Å²) in [6, 6.07) is 22.1. The summed E-state index contributed by atoms with van der Waals surface area (Å²) in [5.74, 6) is 1.34. The van der Waals surface area contributed by atoms with E-state index in [0.717, 1.165) is 66.6 Å². The van der Waals surface area contributed by atoms with Crippen LogP contribution in [-0.4, -0.2) is 48.4 Å². The van der Waals surface area contributed by atoms with Gasteiger partial charge in [0, 0.05) is 29.3 Å². The number of aldehydes is 1. The third-order valence-electron chi connectivity index (χ3n) is 6.27. The van der Waals surface area contributed by atoms with E-state index in [1.54, 1.807) is 13.2 Å². The molecule has 0 radical (unpaired) electrons. The van der Waals surface area contributed by atoms with E-state index in [1.165, 1.54) is 16.3 Å². The second-order valence-corrected chi connectivity index (χ2v) is 9.43. The molecule has 0 aliphatic rings. The second-order valence-electron chi connectivity index (χ2n) is 9.43. The zero-order valence-corrected chi connectivity index (χ0v) is 25.5. The molecule has 3 aromatic carbocycles. The number of fused-ring (bicyclic) bond motifs is 2. The summed E-state index contributed by atoms with van der Waals surface area (Å²) in [5, 5.41) is 6.17. The van der Waals surface area contributed by atoms with E-state index >= 15 is 0 Å². The van der Waals surface area contributed by atoms with Crippen LogP contribution in [0.1, 0.15) is 62.3 Å². The van der Waals surface area contributed by atoms with Gasteiger partial charge in [-0.05, 0) is 68.0 Å². The van der Waals surface area contributed by atoms with Crippen LogP contribution in [-0.2, 0) is 11.2 Å². The number of nitrogens with one attached hydrogen (secondary N) is 3. The van der Waals surface area contributed by atoms with Crippen molar-refractivity contribution in [2.75, 3.05) is 21.2 Å². The van der Waals surface area contributed by atoms with Crippen LogP contribution in [0.4, 0.5) is 0 Å². The Labute approximate surface area is 249 Å². The minimum Gasteiger partial charge on any atom is -0.497 e. The molecule has 5 rings (SSSR count). The molecule has 0 spiro atoms. The number of carbonyl (C=O) groups is 2. The van der Waals surface area contributed by atoms with Crippen molar-refractivity contribution < 1.29 is 14.3 Å². The molecule has 0 bridgehead atoms. The number of hydrogen-bond acceptors (Lipinski definition) is 5. The van der Waals surface area contributed by atoms with Crippen LogP contribution in [0.5, 0.6) is 5.75 Å². The van der Waals surface area contributed by atoms with Crippen molar-refractivity contribution in [1.29, 1.82) is 0 Å². The molecule has 5 aromatic rings. The van der Waals surface area contributed by atoms with Gasteiger partial charge in [-0.15, -0.1) is 0 Å². The Bertz CT molecular complexity index is 1510. The molecule has 224 valence electrons. The molecule has 1 amide bonds. The molecule has 0 aliphatic carbocycles. The van der Waals surface area contributed by atoms with Crippen molar-refractivity contribution in [1.82, 2.24) is 20.3 Å². The van der Waals surface area contributed by atoms with Gasteiger partial charge in [-0.2, -0.15) is 0 Å². The van der Waals surface area contributed by atoms with Gasteiger partial charge in [-0.3, -0.25) is 4.79 Å². The predicted molar refractivity (Wildman–Crippen MR) is 174 cm³/mol. The fourth-order valence-electron chi connectivity index (χ4n) is 4.24. The maximum Gasteiger partial charge on any atom is 0.265 e. The van der Waals surface area contributed by atoms with Crippen molar-refractivity contribution in [2.45, 2.75) is 52.4 Å². The lowest BCUT2D eigenvalue weighted by Crippen LogP contribution is -2.10. The summed E-state index contributed by atoms with van der Waals surface area (Å²) in [7, 11) is 5.35. The Morgan fingerprint density at radius 3 is 2.31 bits per heavy atom. The minimum atomic E-state index is -0.458. The molecule has 0 aliphatic heterocycles. The van der Waals surface area contributed by atoms with E-state index < -0.39 is 5.91 Å². The first-order valence-corrected chi connectivity index (χ1v) is 14.5. The van der Waals surface area contributed by atoms with Crippen molar-refractivity contribution in [3.05, 3.63) is 84.4 Å². The maximum absolute atomic E-state index is 10.9. The van der Waals surface area contributed by atoms with E-state index in [1.807, 2.05) is 52.3 Å². The molecule has 2 heterocycles. The number of aryl methyl sites for hydroxylation is 1. The molecule has 0 atom stereocenters. The van der Waals surface area contributed by atoms with Gasteiger partial charge in [0.15, 0.2) is 0 Å². The van der Waals surface area contributed by atoms with Gasteiger partial charge in [-0.1, -0.05) is 63.1 Å². The number of carbonyl (C=O) groups excluding carboxylic acids is 2. The van der Waals surface area contributed by atoms with Gasteiger partial charge in [0.1, 0.15) is 23.6 Å². The molecule has 0 saturated carbocycles. The number of methoxy groups -OCH3 is 1. The van der Waals surface area contributed by atoms with Gasteiger partial charge >= 0.3 is 0 Å². The lowest BCUT2D eigenvalue weighted by atomic mass is 10.1. The Balaban J connectivity index is 0.000000276. The molecular formula is C34H45N5O3. The third-order valence-corrected chi connectivity index (χ3v) is 6.27. The highest BCUT2D eigenvalue weighted by Crippen LogP contribution is 2.24. The van der Waals surface area contributed by atoms with Gasteiger partial charge in [0.2, 0.25) is 0 Å². The molecule has 0 saturated heterocycles. The SMILES string of the molecule is CC.CNC.COc1ccc2[nH]c(C(N)=O)cc2c1.O=CCCCCCCc1ncc(-c2ccc3ccccc3c2)[nH]1. The number of unbranched alkanes of at least 4 members (excludes halogenated alkanes) is 4. The van der Waals surface area contributed by atoms with Gasteiger partial charge in [0.25, 0.3) is 5.91 Å². The number of aromatic amines is 2. The molecule has 2 aromatic heterocycles. The number of hydrogen-bond donors (Lipinski definition) is 4. The quantitative estimate of drug-likeness (QED) is 0.105. The van der Waals surface area contributed by atoms with Crippen molar-refractivity contribution in [2.24, 2.45) is 5.73 Å². The summed E-state index contributed by atoms with van der Waals surface area (Å²) >= 11 is 0. The summed E-state index contributed by atoms with van der Waals surface area (Å²) < 4.78 is 5.06. The fourth-order valence-corrected chi connectivity index (χ4v) is 4.24. The predicted octanol–water partition coefficient (Wildman–Crippen LogP) is 7.06. The number of H-pyrrole nitrogens is 2. The van der Waals surface area contributed by atoms with E-state index in [9.17, 15) is 9.59 Å². The normalized spacial score (nSPS) is 10.0. The van der Waals surface area contributed by atoms with E-state index in [-0.39, 0.29) is 0 Å². The number of rotatable bonds is 10. The Hall–Kier alpha value is -4.43. The molecule has 0 fully saturated rings. The topological polar surface area (TPSA) is 126 Å².